The summed E-state index contributed by atoms with van der Waals surface area (Å²) in [5, 5.41) is 1.84. The summed E-state index contributed by atoms with van der Waals surface area (Å²) in [6.07, 6.45) is 7.97. The molecule has 1 saturated heterocycles. The van der Waals surface area contributed by atoms with E-state index < -0.39 is 5.41 Å². The number of methoxy groups -OCH3 is 1. The molecule has 2 aromatic carbocycles. The zero-order chi connectivity index (χ0) is 28.8. The van der Waals surface area contributed by atoms with Crippen LogP contribution in [0.1, 0.15) is 55.8 Å². The summed E-state index contributed by atoms with van der Waals surface area (Å²) in [5.41, 5.74) is 3.34. The number of ether oxygens (including phenoxy) is 3. The number of piperidine rings is 1. The number of halogens is 1. The van der Waals surface area contributed by atoms with Gasteiger partial charge >= 0.3 is 6.01 Å². The van der Waals surface area contributed by atoms with Crippen molar-refractivity contribution in [3.05, 3.63) is 46.9 Å². The standard InChI is InChI=1S/C33H39FN4O4/c1-3-25-27(34)7-6-23-13-24(42-20-40-2)14-29(30(23)25)37-11-8-26-28(17-37)35-32(41-19-33(18-39)9-10-33)36-31(26)38-15-21-4-5-22(12-21)16-38/h6-7,13-14,18,21-22H,3-5,8-12,15-17,19-20H2,1-2H3. The molecule has 9 heteroatoms. The zero-order valence-electron chi connectivity index (χ0n) is 24.5. The summed E-state index contributed by atoms with van der Waals surface area (Å²) in [7, 11) is 1.60. The first-order valence-corrected chi connectivity index (χ1v) is 15.3. The van der Waals surface area contributed by atoms with Gasteiger partial charge in [-0.1, -0.05) is 13.0 Å². The highest BCUT2D eigenvalue weighted by molar-refractivity contribution is 5.98. The van der Waals surface area contributed by atoms with Crippen LogP contribution in [0, 0.1) is 23.1 Å². The predicted molar refractivity (Wildman–Crippen MR) is 159 cm³/mol. The minimum absolute atomic E-state index is 0.132. The summed E-state index contributed by atoms with van der Waals surface area (Å²) in [4.78, 5) is 26.3. The lowest BCUT2D eigenvalue weighted by Crippen LogP contribution is -2.39. The maximum absolute atomic E-state index is 15.1. The Bertz CT molecular complexity index is 1500. The van der Waals surface area contributed by atoms with Crippen LogP contribution in [0.2, 0.25) is 0 Å². The largest absolute Gasteiger partial charge is 0.467 e. The Morgan fingerprint density at radius 3 is 2.62 bits per heavy atom. The van der Waals surface area contributed by atoms with E-state index in [1.165, 1.54) is 30.9 Å². The van der Waals surface area contributed by atoms with E-state index in [1.54, 1.807) is 7.11 Å². The molecule has 2 aliphatic heterocycles. The Morgan fingerprint density at radius 1 is 1.10 bits per heavy atom. The number of aldehydes is 1. The molecule has 7 rings (SSSR count). The molecule has 3 aromatic rings. The van der Waals surface area contributed by atoms with Gasteiger partial charge in [-0.2, -0.15) is 9.97 Å². The molecule has 3 fully saturated rings. The maximum atomic E-state index is 15.1. The molecule has 8 nitrogen and oxygen atoms in total. The van der Waals surface area contributed by atoms with Gasteiger partial charge in [0.2, 0.25) is 0 Å². The maximum Gasteiger partial charge on any atom is 0.318 e. The average molecular weight is 575 g/mol. The topological polar surface area (TPSA) is 77.0 Å². The van der Waals surface area contributed by atoms with Crippen LogP contribution in [0.5, 0.6) is 11.8 Å². The van der Waals surface area contributed by atoms with Gasteiger partial charge < -0.3 is 28.8 Å². The van der Waals surface area contributed by atoms with Gasteiger partial charge in [-0.15, -0.1) is 0 Å². The molecule has 2 unspecified atom stereocenters. The average Bonchev–Trinajstić information content (AvgIpc) is 3.73. The number of carbonyl (C=O) groups is 1. The van der Waals surface area contributed by atoms with E-state index in [4.69, 9.17) is 24.2 Å². The second kappa shape index (κ2) is 11.0. The van der Waals surface area contributed by atoms with Crippen molar-refractivity contribution in [2.75, 3.05) is 49.9 Å². The molecule has 1 aromatic heterocycles. The SMILES string of the molecule is CCc1c(F)ccc2cc(OCOC)cc(N3CCc4c(nc(OCC5(C=O)CC5)nc4N4CC5CCC(C5)C4)C3)c12. The third kappa shape index (κ3) is 5.06. The molecule has 2 saturated carbocycles. The van der Waals surface area contributed by atoms with Gasteiger partial charge in [0.1, 0.15) is 30.3 Å². The fourth-order valence-corrected chi connectivity index (χ4v) is 7.24. The molecular formula is C33H39FN4O4. The molecule has 3 heterocycles. The fraction of sp³-hybridized carbons (Fsp3) is 0.545. The van der Waals surface area contributed by atoms with Gasteiger partial charge in [-0.05, 0) is 79.9 Å². The number of anilines is 2. The fourth-order valence-electron chi connectivity index (χ4n) is 7.24. The van der Waals surface area contributed by atoms with Crippen molar-refractivity contribution in [1.29, 1.82) is 0 Å². The molecule has 2 aliphatic carbocycles. The van der Waals surface area contributed by atoms with Crippen molar-refractivity contribution in [1.82, 2.24) is 9.97 Å². The van der Waals surface area contributed by atoms with E-state index in [9.17, 15) is 4.79 Å². The summed E-state index contributed by atoms with van der Waals surface area (Å²) >= 11 is 0. The first-order chi connectivity index (χ1) is 20.5. The molecule has 0 radical (unpaired) electrons. The van der Waals surface area contributed by atoms with E-state index in [2.05, 4.69) is 9.80 Å². The van der Waals surface area contributed by atoms with Crippen LogP contribution < -0.4 is 19.3 Å². The molecular weight excluding hydrogens is 535 g/mol. The van der Waals surface area contributed by atoms with Crippen LogP contribution in [-0.4, -0.2) is 56.4 Å². The first kappa shape index (κ1) is 27.4. The number of nitrogens with zero attached hydrogens (tertiary/aromatic N) is 4. The second-order valence-corrected chi connectivity index (χ2v) is 12.6. The normalized spacial score (nSPS) is 22.3. The predicted octanol–water partition coefficient (Wildman–Crippen LogP) is 5.47. The van der Waals surface area contributed by atoms with Crippen LogP contribution >= 0.6 is 0 Å². The molecule has 2 atom stereocenters. The van der Waals surface area contributed by atoms with Crippen LogP contribution in [0.3, 0.4) is 0 Å². The lowest BCUT2D eigenvalue weighted by molar-refractivity contribution is -0.113. The molecule has 222 valence electrons. The van der Waals surface area contributed by atoms with Crippen molar-refractivity contribution in [3.8, 4) is 11.8 Å². The Labute approximate surface area is 246 Å². The van der Waals surface area contributed by atoms with Gasteiger partial charge in [0.15, 0.2) is 6.79 Å². The van der Waals surface area contributed by atoms with Crippen molar-refractivity contribution in [3.63, 3.8) is 0 Å². The van der Waals surface area contributed by atoms with Crippen molar-refractivity contribution >= 4 is 28.6 Å². The van der Waals surface area contributed by atoms with E-state index in [-0.39, 0.29) is 12.6 Å². The highest BCUT2D eigenvalue weighted by Crippen LogP contribution is 2.45. The number of fused-ring (bicyclic) bond motifs is 4. The monoisotopic (exact) mass is 574 g/mol. The second-order valence-electron chi connectivity index (χ2n) is 12.6. The van der Waals surface area contributed by atoms with Crippen LogP contribution in [0.15, 0.2) is 24.3 Å². The lowest BCUT2D eigenvalue weighted by Gasteiger charge is -2.37. The first-order valence-electron chi connectivity index (χ1n) is 15.3. The van der Waals surface area contributed by atoms with Gasteiger partial charge in [0.25, 0.3) is 0 Å². The van der Waals surface area contributed by atoms with Gasteiger partial charge in [0.05, 0.1) is 17.7 Å². The molecule has 4 aliphatic rings. The molecule has 0 N–H and O–H groups in total. The zero-order valence-corrected chi connectivity index (χ0v) is 24.5. The summed E-state index contributed by atoms with van der Waals surface area (Å²) in [6, 6.07) is 7.65. The number of benzene rings is 2. The Kier molecular flexibility index (Phi) is 7.16. The number of aromatic nitrogens is 2. The van der Waals surface area contributed by atoms with Gasteiger partial charge in [-0.25, -0.2) is 4.39 Å². The Balaban J connectivity index is 1.28. The molecule has 0 spiro atoms. The van der Waals surface area contributed by atoms with Gasteiger partial charge in [0, 0.05) is 49.4 Å². The van der Waals surface area contributed by atoms with E-state index in [0.717, 1.165) is 73.2 Å². The lowest BCUT2D eigenvalue weighted by atomic mass is 9.96. The Morgan fingerprint density at radius 2 is 1.90 bits per heavy atom. The van der Waals surface area contributed by atoms with Crippen molar-refractivity contribution in [2.45, 2.75) is 58.4 Å². The molecule has 2 bridgehead atoms. The summed E-state index contributed by atoms with van der Waals surface area (Å²) in [6.45, 7) is 5.76. The van der Waals surface area contributed by atoms with Crippen molar-refractivity contribution in [2.24, 2.45) is 17.3 Å². The Hall–Kier alpha value is -3.46. The summed E-state index contributed by atoms with van der Waals surface area (Å²) in [5.74, 6) is 2.90. The number of rotatable bonds is 10. The molecule has 42 heavy (non-hydrogen) atoms. The highest BCUT2D eigenvalue weighted by atomic mass is 19.1. The number of carbonyl (C=O) groups excluding carboxylic acids is 1. The van der Waals surface area contributed by atoms with Gasteiger partial charge in [-0.3, -0.25) is 0 Å². The minimum atomic E-state index is -0.391. The van der Waals surface area contributed by atoms with Crippen LogP contribution in [0.25, 0.3) is 10.8 Å². The number of hydrogen-bond donors (Lipinski definition) is 0. The highest BCUT2D eigenvalue weighted by Gasteiger charge is 2.44. The minimum Gasteiger partial charge on any atom is -0.467 e. The third-order valence-electron chi connectivity index (χ3n) is 9.72. The van der Waals surface area contributed by atoms with Crippen molar-refractivity contribution < 1.29 is 23.4 Å². The third-order valence-corrected chi connectivity index (χ3v) is 9.72. The van der Waals surface area contributed by atoms with E-state index >= 15 is 4.39 Å². The summed E-state index contributed by atoms with van der Waals surface area (Å²) < 4.78 is 32.2. The number of hydrogen-bond acceptors (Lipinski definition) is 8. The molecule has 0 amide bonds. The van der Waals surface area contributed by atoms with Crippen LogP contribution in [0.4, 0.5) is 15.9 Å². The quantitative estimate of drug-likeness (QED) is 0.233. The van der Waals surface area contributed by atoms with E-state index in [1.807, 2.05) is 25.1 Å². The number of aryl methyl sites for hydroxylation is 1. The van der Waals surface area contributed by atoms with Crippen LogP contribution in [-0.2, 0) is 28.9 Å². The smallest absolute Gasteiger partial charge is 0.318 e. The van der Waals surface area contributed by atoms with E-state index in [0.29, 0.717) is 48.7 Å².